The summed E-state index contributed by atoms with van der Waals surface area (Å²) in [4.78, 5) is 16.0. The summed E-state index contributed by atoms with van der Waals surface area (Å²) in [6, 6.07) is 5.92. The predicted molar refractivity (Wildman–Crippen MR) is 79.3 cm³/mol. The molecule has 0 bridgehead atoms. The van der Waals surface area contributed by atoms with Gasteiger partial charge < -0.3 is 5.32 Å². The van der Waals surface area contributed by atoms with Gasteiger partial charge in [0.05, 0.1) is 10.6 Å². The maximum Gasteiger partial charge on any atom is 0.254 e. The quantitative estimate of drug-likeness (QED) is 0.906. The number of amides is 1. The van der Waals surface area contributed by atoms with Crippen LogP contribution in [0, 0.1) is 12.7 Å². The summed E-state index contributed by atoms with van der Waals surface area (Å²) in [5.74, 6) is -0.703. The number of nitrogens with one attached hydrogen (secondary N) is 1. The van der Waals surface area contributed by atoms with E-state index >= 15 is 0 Å². The molecule has 0 aliphatic rings. The number of aromatic nitrogens is 1. The summed E-state index contributed by atoms with van der Waals surface area (Å²) >= 11 is 9.30. The first-order chi connectivity index (χ1) is 9.47. The standard InChI is InChI=1S/C14H11BrClFN2O/c1-8-4-13(16)11(7-18-8)14(20)19-6-9-5-10(17)2-3-12(9)15/h2-5,7H,6H2,1H3,(H,19,20). The van der Waals surface area contributed by atoms with Crippen molar-refractivity contribution >= 4 is 33.4 Å². The maximum atomic E-state index is 13.1. The topological polar surface area (TPSA) is 42.0 Å². The van der Waals surface area contributed by atoms with Crippen LogP contribution in [-0.4, -0.2) is 10.9 Å². The van der Waals surface area contributed by atoms with Crippen LogP contribution in [0.4, 0.5) is 4.39 Å². The van der Waals surface area contributed by atoms with Gasteiger partial charge in [-0.05, 0) is 36.8 Å². The zero-order valence-electron chi connectivity index (χ0n) is 10.6. The normalized spacial score (nSPS) is 10.4. The molecule has 1 amide bonds. The Bertz CT molecular complexity index is 664. The van der Waals surface area contributed by atoms with E-state index in [9.17, 15) is 9.18 Å². The van der Waals surface area contributed by atoms with E-state index in [4.69, 9.17) is 11.6 Å². The average molecular weight is 358 g/mol. The molecule has 104 valence electrons. The van der Waals surface area contributed by atoms with Crippen LogP contribution in [-0.2, 0) is 6.54 Å². The lowest BCUT2D eigenvalue weighted by Gasteiger charge is -2.08. The van der Waals surface area contributed by atoms with Crippen LogP contribution in [0.3, 0.4) is 0 Å². The molecule has 3 nitrogen and oxygen atoms in total. The molecule has 1 aromatic carbocycles. The van der Waals surface area contributed by atoms with Crippen molar-refractivity contribution in [3.8, 4) is 0 Å². The van der Waals surface area contributed by atoms with Crippen molar-refractivity contribution in [1.29, 1.82) is 0 Å². The van der Waals surface area contributed by atoms with Crippen molar-refractivity contribution < 1.29 is 9.18 Å². The molecule has 2 rings (SSSR count). The number of halogens is 3. The van der Waals surface area contributed by atoms with Crippen LogP contribution < -0.4 is 5.32 Å². The third-order valence-corrected chi connectivity index (χ3v) is 3.77. The van der Waals surface area contributed by atoms with Gasteiger partial charge in [-0.3, -0.25) is 9.78 Å². The summed E-state index contributed by atoms with van der Waals surface area (Å²) in [6.07, 6.45) is 1.42. The predicted octanol–water partition coefficient (Wildman–Crippen LogP) is 3.88. The first-order valence-corrected chi connectivity index (χ1v) is 6.99. The van der Waals surface area contributed by atoms with Crippen LogP contribution in [0.1, 0.15) is 21.6 Å². The number of aryl methyl sites for hydroxylation is 1. The lowest BCUT2D eigenvalue weighted by Crippen LogP contribution is -2.23. The number of rotatable bonds is 3. The Morgan fingerprint density at radius 1 is 1.45 bits per heavy atom. The fourth-order valence-corrected chi connectivity index (χ4v) is 2.32. The van der Waals surface area contributed by atoms with Crippen LogP contribution in [0.2, 0.25) is 5.02 Å². The van der Waals surface area contributed by atoms with Crippen molar-refractivity contribution in [3.05, 3.63) is 62.6 Å². The first-order valence-electron chi connectivity index (χ1n) is 5.81. The van der Waals surface area contributed by atoms with Gasteiger partial charge in [0.15, 0.2) is 0 Å². The molecule has 2 aromatic rings. The Morgan fingerprint density at radius 3 is 2.90 bits per heavy atom. The van der Waals surface area contributed by atoms with Crippen LogP contribution in [0.15, 0.2) is 34.9 Å². The van der Waals surface area contributed by atoms with Gasteiger partial charge in [0.1, 0.15) is 5.82 Å². The van der Waals surface area contributed by atoms with Crippen LogP contribution >= 0.6 is 27.5 Å². The number of carbonyl (C=O) groups is 1. The lowest BCUT2D eigenvalue weighted by atomic mass is 10.2. The van der Waals surface area contributed by atoms with E-state index in [1.807, 2.05) is 0 Å². The van der Waals surface area contributed by atoms with E-state index in [2.05, 4.69) is 26.2 Å². The van der Waals surface area contributed by atoms with Gasteiger partial charge in [-0.1, -0.05) is 27.5 Å². The lowest BCUT2D eigenvalue weighted by molar-refractivity contribution is 0.0950. The third kappa shape index (κ3) is 3.55. The Labute approximate surface area is 129 Å². The fraction of sp³-hybridized carbons (Fsp3) is 0.143. The maximum absolute atomic E-state index is 13.1. The second-order valence-electron chi connectivity index (χ2n) is 4.22. The van der Waals surface area contributed by atoms with E-state index < -0.39 is 0 Å². The summed E-state index contributed by atoms with van der Waals surface area (Å²) in [7, 11) is 0. The van der Waals surface area contributed by atoms with E-state index in [-0.39, 0.29) is 18.3 Å². The summed E-state index contributed by atoms with van der Waals surface area (Å²) < 4.78 is 13.9. The summed E-state index contributed by atoms with van der Waals surface area (Å²) in [5.41, 5.74) is 1.68. The highest BCUT2D eigenvalue weighted by atomic mass is 79.9. The number of nitrogens with zero attached hydrogens (tertiary/aromatic N) is 1. The average Bonchev–Trinajstić information content (AvgIpc) is 2.39. The van der Waals surface area contributed by atoms with E-state index in [1.54, 1.807) is 19.1 Å². The number of pyridine rings is 1. The molecule has 0 spiro atoms. The van der Waals surface area contributed by atoms with Gasteiger partial charge in [0.2, 0.25) is 0 Å². The van der Waals surface area contributed by atoms with Gasteiger partial charge in [-0.15, -0.1) is 0 Å². The second-order valence-corrected chi connectivity index (χ2v) is 5.49. The minimum atomic E-state index is -0.354. The summed E-state index contributed by atoms with van der Waals surface area (Å²) in [5, 5.41) is 3.02. The van der Waals surface area contributed by atoms with E-state index in [1.165, 1.54) is 18.3 Å². The van der Waals surface area contributed by atoms with Crippen LogP contribution in [0.25, 0.3) is 0 Å². The Kier molecular flexibility index (Phi) is 4.73. The van der Waals surface area contributed by atoms with Gasteiger partial charge in [-0.2, -0.15) is 0 Å². The minimum absolute atomic E-state index is 0.196. The van der Waals surface area contributed by atoms with Crippen molar-refractivity contribution in [2.45, 2.75) is 13.5 Å². The molecule has 1 heterocycles. The number of benzene rings is 1. The van der Waals surface area contributed by atoms with Crippen LogP contribution in [0.5, 0.6) is 0 Å². The molecule has 1 aromatic heterocycles. The van der Waals surface area contributed by atoms with Crippen molar-refractivity contribution in [1.82, 2.24) is 10.3 Å². The second kappa shape index (κ2) is 6.33. The highest BCUT2D eigenvalue weighted by Crippen LogP contribution is 2.19. The fourth-order valence-electron chi connectivity index (χ4n) is 1.64. The molecule has 20 heavy (non-hydrogen) atoms. The molecular weight excluding hydrogens is 347 g/mol. The van der Waals surface area contributed by atoms with Crippen molar-refractivity contribution in [2.75, 3.05) is 0 Å². The Balaban J connectivity index is 2.10. The first kappa shape index (κ1) is 14.9. The van der Waals surface area contributed by atoms with Gasteiger partial charge in [-0.25, -0.2) is 4.39 Å². The molecule has 0 radical (unpaired) electrons. The van der Waals surface area contributed by atoms with E-state index in [0.717, 1.165) is 10.2 Å². The highest BCUT2D eigenvalue weighted by Gasteiger charge is 2.11. The summed E-state index contributed by atoms with van der Waals surface area (Å²) in [6.45, 7) is 1.98. The molecule has 0 atom stereocenters. The Morgan fingerprint density at radius 2 is 2.20 bits per heavy atom. The van der Waals surface area contributed by atoms with Gasteiger partial charge >= 0.3 is 0 Å². The molecule has 0 fully saturated rings. The van der Waals surface area contributed by atoms with E-state index in [0.29, 0.717) is 16.1 Å². The van der Waals surface area contributed by atoms with Crippen molar-refractivity contribution in [2.24, 2.45) is 0 Å². The highest BCUT2D eigenvalue weighted by molar-refractivity contribution is 9.10. The zero-order valence-corrected chi connectivity index (χ0v) is 12.9. The number of hydrogen-bond donors (Lipinski definition) is 1. The largest absolute Gasteiger partial charge is 0.348 e. The monoisotopic (exact) mass is 356 g/mol. The third-order valence-electron chi connectivity index (χ3n) is 2.68. The minimum Gasteiger partial charge on any atom is -0.348 e. The molecule has 0 aliphatic heterocycles. The Hall–Kier alpha value is -1.46. The molecule has 0 aliphatic carbocycles. The molecular formula is C14H11BrClFN2O. The zero-order chi connectivity index (χ0) is 14.7. The number of hydrogen-bond acceptors (Lipinski definition) is 2. The molecule has 0 unspecified atom stereocenters. The molecule has 0 saturated heterocycles. The molecule has 6 heteroatoms. The molecule has 0 saturated carbocycles. The number of carbonyl (C=O) groups excluding carboxylic acids is 1. The van der Waals surface area contributed by atoms with Gasteiger partial charge in [0, 0.05) is 22.9 Å². The van der Waals surface area contributed by atoms with Gasteiger partial charge in [0.25, 0.3) is 5.91 Å². The SMILES string of the molecule is Cc1cc(Cl)c(C(=O)NCc2cc(F)ccc2Br)cn1. The molecule has 1 N–H and O–H groups in total. The smallest absolute Gasteiger partial charge is 0.254 e. The van der Waals surface area contributed by atoms with Crippen molar-refractivity contribution in [3.63, 3.8) is 0 Å².